The molecule has 0 fully saturated rings. The zero-order valence-corrected chi connectivity index (χ0v) is 13.6. The van der Waals surface area contributed by atoms with Crippen molar-refractivity contribution in [2.45, 2.75) is 0 Å². The molecule has 0 amide bonds. The molecule has 0 atom stereocenters. The smallest absolute Gasteiger partial charge is 0.161 e. The molecule has 0 aliphatic rings. The van der Waals surface area contributed by atoms with E-state index in [0.717, 1.165) is 11.4 Å². The fourth-order valence-electron chi connectivity index (χ4n) is 2.40. The summed E-state index contributed by atoms with van der Waals surface area (Å²) in [5, 5.41) is 3.21. The van der Waals surface area contributed by atoms with Crippen molar-refractivity contribution in [3.8, 4) is 5.75 Å². The molecule has 3 N–H and O–H groups in total. The summed E-state index contributed by atoms with van der Waals surface area (Å²) in [5.41, 5.74) is 8.54. The molecule has 0 saturated heterocycles. The summed E-state index contributed by atoms with van der Waals surface area (Å²) in [4.78, 5) is 10.5. The van der Waals surface area contributed by atoms with Crippen LogP contribution in [-0.2, 0) is 0 Å². The molecule has 1 aromatic heterocycles. The van der Waals surface area contributed by atoms with Crippen LogP contribution in [0.3, 0.4) is 0 Å². The Morgan fingerprint density at radius 3 is 2.46 bits per heavy atom. The zero-order valence-electron chi connectivity index (χ0n) is 13.6. The summed E-state index contributed by atoms with van der Waals surface area (Å²) >= 11 is 0. The van der Waals surface area contributed by atoms with Crippen LogP contribution in [0.25, 0.3) is 0 Å². The number of hydrogen-bond acceptors (Lipinski definition) is 6. The Balaban J connectivity index is 1.94. The highest BCUT2D eigenvalue weighted by molar-refractivity contribution is 5.82. The molecule has 24 heavy (non-hydrogen) atoms. The topological polar surface area (TPSA) is 76.3 Å². The molecule has 1 heterocycles. The number of nitrogens with one attached hydrogen (secondary N) is 1. The summed E-state index contributed by atoms with van der Waals surface area (Å²) in [5.74, 6) is 1.88. The first-order valence-electron chi connectivity index (χ1n) is 7.50. The normalized spacial score (nSPS) is 10.2. The van der Waals surface area contributed by atoms with Crippen LogP contribution in [0.1, 0.15) is 0 Å². The van der Waals surface area contributed by atoms with Crippen LogP contribution >= 0.6 is 0 Å². The van der Waals surface area contributed by atoms with Crippen LogP contribution in [0.5, 0.6) is 5.75 Å². The van der Waals surface area contributed by atoms with Gasteiger partial charge in [0.05, 0.1) is 12.8 Å². The monoisotopic (exact) mass is 321 g/mol. The second kappa shape index (κ2) is 6.87. The SMILES string of the molecule is COc1ccccc1Nc1ncnc(N(C)c2ccccc2)c1N. The number of para-hydroxylation sites is 3. The van der Waals surface area contributed by atoms with Gasteiger partial charge in [0.25, 0.3) is 0 Å². The van der Waals surface area contributed by atoms with Crippen molar-refractivity contribution >= 4 is 28.7 Å². The Morgan fingerprint density at radius 2 is 1.71 bits per heavy atom. The molecule has 3 aromatic rings. The molecule has 3 rings (SSSR count). The van der Waals surface area contributed by atoms with Gasteiger partial charge in [-0.3, -0.25) is 0 Å². The van der Waals surface area contributed by atoms with Crippen molar-refractivity contribution < 1.29 is 4.74 Å². The molecule has 122 valence electrons. The first-order valence-corrected chi connectivity index (χ1v) is 7.50. The van der Waals surface area contributed by atoms with Gasteiger partial charge in [-0.1, -0.05) is 30.3 Å². The van der Waals surface area contributed by atoms with Crippen LogP contribution in [-0.4, -0.2) is 24.1 Å². The second-order valence-corrected chi connectivity index (χ2v) is 5.18. The van der Waals surface area contributed by atoms with Gasteiger partial charge < -0.3 is 20.7 Å². The molecule has 2 aromatic carbocycles. The van der Waals surface area contributed by atoms with Crippen molar-refractivity contribution in [1.29, 1.82) is 0 Å². The maximum atomic E-state index is 6.29. The summed E-state index contributed by atoms with van der Waals surface area (Å²) < 4.78 is 5.35. The highest BCUT2D eigenvalue weighted by Gasteiger charge is 2.14. The van der Waals surface area contributed by atoms with Crippen LogP contribution in [0, 0.1) is 0 Å². The molecule has 0 radical (unpaired) electrons. The van der Waals surface area contributed by atoms with E-state index >= 15 is 0 Å². The van der Waals surface area contributed by atoms with Gasteiger partial charge in [0, 0.05) is 12.7 Å². The Kier molecular flexibility index (Phi) is 4.47. The molecule has 0 spiro atoms. The van der Waals surface area contributed by atoms with Gasteiger partial charge in [-0.2, -0.15) is 0 Å². The maximum Gasteiger partial charge on any atom is 0.161 e. The molecular formula is C18H19N5O. The standard InChI is InChI=1S/C18H19N5O/c1-23(13-8-4-3-5-9-13)18-16(19)17(20-12-21-18)22-14-10-6-7-11-15(14)24-2/h3-12H,19H2,1-2H3,(H,20,21,22). The van der Waals surface area contributed by atoms with Gasteiger partial charge in [0.2, 0.25) is 0 Å². The first-order chi connectivity index (χ1) is 11.7. The Bertz CT molecular complexity index is 823. The number of nitrogens with zero attached hydrogens (tertiary/aromatic N) is 3. The average molecular weight is 321 g/mol. The van der Waals surface area contributed by atoms with E-state index < -0.39 is 0 Å². The number of ether oxygens (including phenoxy) is 1. The lowest BCUT2D eigenvalue weighted by molar-refractivity contribution is 0.417. The van der Waals surface area contributed by atoms with E-state index in [9.17, 15) is 0 Å². The van der Waals surface area contributed by atoms with E-state index in [4.69, 9.17) is 10.5 Å². The summed E-state index contributed by atoms with van der Waals surface area (Å²) in [7, 11) is 3.54. The fourth-order valence-corrected chi connectivity index (χ4v) is 2.40. The predicted molar refractivity (Wildman–Crippen MR) is 97.2 cm³/mol. The number of nitrogens with two attached hydrogens (primary N) is 1. The second-order valence-electron chi connectivity index (χ2n) is 5.18. The van der Waals surface area contributed by atoms with E-state index in [1.165, 1.54) is 6.33 Å². The van der Waals surface area contributed by atoms with E-state index in [1.54, 1.807) is 7.11 Å². The van der Waals surface area contributed by atoms with E-state index in [2.05, 4.69) is 15.3 Å². The summed E-state index contributed by atoms with van der Waals surface area (Å²) in [6, 6.07) is 17.5. The molecule has 0 bridgehead atoms. The van der Waals surface area contributed by atoms with E-state index in [0.29, 0.717) is 23.1 Å². The molecule has 6 heteroatoms. The molecule has 6 nitrogen and oxygen atoms in total. The average Bonchev–Trinajstić information content (AvgIpc) is 2.64. The maximum absolute atomic E-state index is 6.29. The van der Waals surface area contributed by atoms with Crippen molar-refractivity contribution in [1.82, 2.24) is 9.97 Å². The van der Waals surface area contributed by atoms with Crippen molar-refractivity contribution in [2.75, 3.05) is 30.1 Å². The zero-order chi connectivity index (χ0) is 16.9. The lowest BCUT2D eigenvalue weighted by Crippen LogP contribution is -2.15. The first kappa shape index (κ1) is 15.6. The van der Waals surface area contributed by atoms with Gasteiger partial charge in [-0.05, 0) is 24.3 Å². The minimum Gasteiger partial charge on any atom is -0.495 e. The highest BCUT2D eigenvalue weighted by atomic mass is 16.5. The number of benzene rings is 2. The number of anilines is 5. The number of aromatic nitrogens is 2. The van der Waals surface area contributed by atoms with Crippen LogP contribution < -0.4 is 20.7 Å². The van der Waals surface area contributed by atoms with Gasteiger partial charge in [0.15, 0.2) is 11.6 Å². The van der Waals surface area contributed by atoms with Crippen LogP contribution in [0.4, 0.5) is 28.7 Å². The molecule has 0 saturated carbocycles. The van der Waals surface area contributed by atoms with E-state index in [1.807, 2.05) is 66.5 Å². The third-order valence-electron chi connectivity index (χ3n) is 3.68. The lowest BCUT2D eigenvalue weighted by Gasteiger charge is -2.21. The minimum atomic E-state index is 0.467. The van der Waals surface area contributed by atoms with Gasteiger partial charge in [-0.15, -0.1) is 0 Å². The van der Waals surface area contributed by atoms with Gasteiger partial charge in [0.1, 0.15) is 17.8 Å². The fraction of sp³-hybridized carbons (Fsp3) is 0.111. The quantitative estimate of drug-likeness (QED) is 0.748. The van der Waals surface area contributed by atoms with Crippen molar-refractivity contribution in [3.05, 3.63) is 60.9 Å². The minimum absolute atomic E-state index is 0.467. The largest absolute Gasteiger partial charge is 0.495 e. The third kappa shape index (κ3) is 3.08. The molecule has 0 aliphatic carbocycles. The summed E-state index contributed by atoms with van der Waals surface area (Å²) in [6.45, 7) is 0. The number of methoxy groups -OCH3 is 1. The van der Waals surface area contributed by atoms with Crippen LogP contribution in [0.15, 0.2) is 60.9 Å². The Labute approximate surface area is 140 Å². The molecule has 0 aliphatic heterocycles. The Morgan fingerprint density at radius 1 is 1.00 bits per heavy atom. The lowest BCUT2D eigenvalue weighted by atomic mass is 10.2. The third-order valence-corrected chi connectivity index (χ3v) is 3.68. The van der Waals surface area contributed by atoms with Crippen molar-refractivity contribution in [2.24, 2.45) is 0 Å². The summed E-state index contributed by atoms with van der Waals surface area (Å²) in [6.07, 6.45) is 1.49. The number of hydrogen-bond donors (Lipinski definition) is 2. The molecule has 0 unspecified atom stereocenters. The van der Waals surface area contributed by atoms with Crippen molar-refractivity contribution in [3.63, 3.8) is 0 Å². The predicted octanol–water partition coefficient (Wildman–Crippen LogP) is 3.58. The Hall–Kier alpha value is -3.28. The van der Waals surface area contributed by atoms with E-state index in [-0.39, 0.29) is 0 Å². The van der Waals surface area contributed by atoms with Gasteiger partial charge in [-0.25, -0.2) is 9.97 Å². The number of rotatable bonds is 5. The van der Waals surface area contributed by atoms with Gasteiger partial charge >= 0.3 is 0 Å². The molecular weight excluding hydrogens is 302 g/mol. The van der Waals surface area contributed by atoms with Crippen LogP contribution in [0.2, 0.25) is 0 Å². The number of nitrogen functional groups attached to an aromatic ring is 1. The highest BCUT2D eigenvalue weighted by Crippen LogP contribution is 2.33.